The summed E-state index contributed by atoms with van der Waals surface area (Å²) in [5, 5.41) is 0. The topological polar surface area (TPSA) is 26.0 Å². The van der Waals surface area contributed by atoms with Gasteiger partial charge in [-0.15, -0.1) is 0 Å². The molecule has 0 saturated heterocycles. The van der Waals surface area contributed by atoms with Gasteiger partial charge in [-0.1, -0.05) is 76.0 Å². The standard InChI is InChI=1S/C15H30ClN/c1-2-3-4-5-6-7-8-10-15(12-14-17)11-9-13-16/h9,13,15H,2-8,10-12,14,17H2,1H3. The van der Waals surface area contributed by atoms with E-state index in [1.54, 1.807) is 5.54 Å². The van der Waals surface area contributed by atoms with E-state index < -0.39 is 0 Å². The molecule has 17 heavy (non-hydrogen) atoms. The first-order valence-corrected chi connectivity index (χ1v) is 7.74. The van der Waals surface area contributed by atoms with E-state index in [4.69, 9.17) is 17.3 Å². The second-order valence-electron chi connectivity index (χ2n) is 4.95. The Morgan fingerprint density at radius 2 is 1.65 bits per heavy atom. The number of rotatable bonds is 12. The van der Waals surface area contributed by atoms with Crippen molar-refractivity contribution in [3.05, 3.63) is 11.6 Å². The molecular formula is C15H30ClN. The molecule has 0 aliphatic carbocycles. The fraction of sp³-hybridized carbons (Fsp3) is 0.867. The summed E-state index contributed by atoms with van der Waals surface area (Å²) in [5.74, 6) is 0.741. The van der Waals surface area contributed by atoms with Gasteiger partial charge < -0.3 is 5.73 Å². The van der Waals surface area contributed by atoms with E-state index >= 15 is 0 Å². The average molecular weight is 260 g/mol. The van der Waals surface area contributed by atoms with E-state index in [0.717, 1.165) is 25.3 Å². The van der Waals surface area contributed by atoms with Gasteiger partial charge in [0, 0.05) is 5.54 Å². The Balaban J connectivity index is 3.40. The Kier molecular flexibility index (Phi) is 14.0. The van der Waals surface area contributed by atoms with Crippen molar-refractivity contribution >= 4 is 11.6 Å². The maximum absolute atomic E-state index is 5.63. The van der Waals surface area contributed by atoms with Gasteiger partial charge in [-0.05, 0) is 25.3 Å². The third kappa shape index (κ3) is 12.2. The van der Waals surface area contributed by atoms with Gasteiger partial charge in [0.25, 0.3) is 0 Å². The molecule has 0 aromatic rings. The minimum Gasteiger partial charge on any atom is -0.330 e. The summed E-state index contributed by atoms with van der Waals surface area (Å²) in [5.41, 5.74) is 7.26. The lowest BCUT2D eigenvalue weighted by Crippen LogP contribution is -2.08. The average Bonchev–Trinajstić information content (AvgIpc) is 2.34. The molecule has 2 N–H and O–H groups in total. The Hall–Kier alpha value is -0.0100. The Labute approximate surface area is 113 Å². The highest BCUT2D eigenvalue weighted by atomic mass is 35.5. The van der Waals surface area contributed by atoms with E-state index in [1.807, 2.05) is 0 Å². The third-order valence-electron chi connectivity index (χ3n) is 3.35. The first-order valence-electron chi connectivity index (χ1n) is 7.30. The lowest BCUT2D eigenvalue weighted by molar-refractivity contribution is 0.432. The summed E-state index contributed by atoms with van der Waals surface area (Å²) in [4.78, 5) is 0. The van der Waals surface area contributed by atoms with Crippen molar-refractivity contribution in [2.24, 2.45) is 11.7 Å². The molecule has 0 aliphatic heterocycles. The van der Waals surface area contributed by atoms with Crippen molar-refractivity contribution < 1.29 is 0 Å². The smallest absolute Gasteiger partial charge is 0.000256 e. The fourth-order valence-electron chi connectivity index (χ4n) is 2.25. The molecule has 0 rings (SSSR count). The second-order valence-corrected chi connectivity index (χ2v) is 5.20. The zero-order valence-corrected chi connectivity index (χ0v) is 12.2. The normalized spacial score (nSPS) is 13.4. The van der Waals surface area contributed by atoms with E-state index in [0.29, 0.717) is 0 Å². The quantitative estimate of drug-likeness (QED) is 0.477. The largest absolute Gasteiger partial charge is 0.330 e. The van der Waals surface area contributed by atoms with Gasteiger partial charge in [0.1, 0.15) is 0 Å². The van der Waals surface area contributed by atoms with Gasteiger partial charge >= 0.3 is 0 Å². The highest BCUT2D eigenvalue weighted by Crippen LogP contribution is 2.18. The van der Waals surface area contributed by atoms with E-state index in [9.17, 15) is 0 Å². The van der Waals surface area contributed by atoms with Crippen LogP contribution in [-0.2, 0) is 0 Å². The third-order valence-corrected chi connectivity index (χ3v) is 3.53. The van der Waals surface area contributed by atoms with Crippen molar-refractivity contribution in [1.29, 1.82) is 0 Å². The summed E-state index contributed by atoms with van der Waals surface area (Å²) in [6.07, 6.45) is 15.3. The zero-order valence-electron chi connectivity index (χ0n) is 11.5. The predicted molar refractivity (Wildman–Crippen MR) is 79.4 cm³/mol. The molecule has 0 spiro atoms. The number of allylic oxidation sites excluding steroid dienone is 1. The van der Waals surface area contributed by atoms with Gasteiger partial charge in [0.05, 0.1) is 0 Å². The van der Waals surface area contributed by atoms with Crippen molar-refractivity contribution in [2.45, 2.75) is 71.1 Å². The summed E-state index contributed by atoms with van der Waals surface area (Å²) in [6.45, 7) is 3.07. The number of nitrogens with two attached hydrogens (primary N) is 1. The lowest BCUT2D eigenvalue weighted by atomic mass is 9.94. The van der Waals surface area contributed by atoms with Gasteiger partial charge in [-0.3, -0.25) is 0 Å². The SMILES string of the molecule is CCCCCCCCCC(CC=CCl)CCN. The van der Waals surface area contributed by atoms with E-state index in [-0.39, 0.29) is 0 Å². The molecule has 0 fully saturated rings. The van der Waals surface area contributed by atoms with Crippen LogP contribution in [0.15, 0.2) is 11.6 Å². The number of halogens is 1. The van der Waals surface area contributed by atoms with Crippen molar-refractivity contribution in [3.8, 4) is 0 Å². The Bertz CT molecular complexity index is 168. The first-order chi connectivity index (χ1) is 8.35. The molecular weight excluding hydrogens is 230 g/mol. The molecule has 0 aliphatic rings. The maximum Gasteiger partial charge on any atom is 0.000256 e. The van der Waals surface area contributed by atoms with Gasteiger partial charge in [-0.25, -0.2) is 0 Å². The molecule has 0 aromatic heterocycles. The highest BCUT2D eigenvalue weighted by molar-refractivity contribution is 6.25. The predicted octanol–water partition coefficient (Wildman–Crippen LogP) is 5.23. The minimum atomic E-state index is 0.741. The van der Waals surface area contributed by atoms with Crippen LogP contribution in [0, 0.1) is 5.92 Å². The Morgan fingerprint density at radius 1 is 1.00 bits per heavy atom. The Morgan fingerprint density at radius 3 is 2.24 bits per heavy atom. The second kappa shape index (κ2) is 14.1. The van der Waals surface area contributed by atoms with Crippen molar-refractivity contribution in [1.82, 2.24) is 0 Å². The number of hydrogen-bond donors (Lipinski definition) is 1. The van der Waals surface area contributed by atoms with Gasteiger partial charge in [-0.2, -0.15) is 0 Å². The first kappa shape index (κ1) is 17.0. The minimum absolute atomic E-state index is 0.741. The van der Waals surface area contributed by atoms with Crippen LogP contribution in [0.1, 0.15) is 71.1 Å². The molecule has 1 nitrogen and oxygen atoms in total. The molecule has 0 radical (unpaired) electrons. The van der Waals surface area contributed by atoms with Crippen molar-refractivity contribution in [2.75, 3.05) is 6.54 Å². The zero-order chi connectivity index (χ0) is 12.8. The molecule has 1 atom stereocenters. The molecule has 0 aromatic carbocycles. The van der Waals surface area contributed by atoms with Crippen LogP contribution < -0.4 is 5.73 Å². The van der Waals surface area contributed by atoms with Crippen LogP contribution in [0.3, 0.4) is 0 Å². The fourth-order valence-corrected chi connectivity index (χ4v) is 2.35. The van der Waals surface area contributed by atoms with Crippen molar-refractivity contribution in [3.63, 3.8) is 0 Å². The van der Waals surface area contributed by atoms with E-state index in [1.165, 1.54) is 51.4 Å². The number of hydrogen-bond acceptors (Lipinski definition) is 1. The maximum atomic E-state index is 5.63. The van der Waals surface area contributed by atoms with Crippen LogP contribution in [0.4, 0.5) is 0 Å². The molecule has 1 unspecified atom stereocenters. The van der Waals surface area contributed by atoms with E-state index in [2.05, 4.69) is 13.0 Å². The molecule has 0 amide bonds. The van der Waals surface area contributed by atoms with Crippen LogP contribution in [0.25, 0.3) is 0 Å². The number of unbranched alkanes of at least 4 members (excludes halogenated alkanes) is 6. The highest BCUT2D eigenvalue weighted by Gasteiger charge is 2.05. The summed E-state index contributed by atoms with van der Waals surface area (Å²) < 4.78 is 0. The lowest BCUT2D eigenvalue weighted by Gasteiger charge is -2.13. The summed E-state index contributed by atoms with van der Waals surface area (Å²) >= 11 is 5.57. The molecule has 102 valence electrons. The molecule has 0 heterocycles. The van der Waals surface area contributed by atoms with Gasteiger partial charge in [0.2, 0.25) is 0 Å². The summed E-state index contributed by atoms with van der Waals surface area (Å²) in [6, 6.07) is 0. The van der Waals surface area contributed by atoms with Crippen LogP contribution in [-0.4, -0.2) is 6.54 Å². The van der Waals surface area contributed by atoms with Crippen LogP contribution in [0.2, 0.25) is 0 Å². The summed E-state index contributed by atoms with van der Waals surface area (Å²) in [7, 11) is 0. The van der Waals surface area contributed by atoms with Gasteiger partial charge in [0.15, 0.2) is 0 Å². The molecule has 0 bridgehead atoms. The molecule has 2 heteroatoms. The van der Waals surface area contributed by atoms with Crippen LogP contribution in [0.5, 0.6) is 0 Å². The monoisotopic (exact) mass is 259 g/mol. The molecule has 0 saturated carbocycles. The van der Waals surface area contributed by atoms with Crippen LogP contribution >= 0.6 is 11.6 Å².